The summed E-state index contributed by atoms with van der Waals surface area (Å²) in [6.07, 6.45) is 6.78. The monoisotopic (exact) mass is 270 g/mol. The SMILES string of the molecule is CN(CCNC1CC1)Cc1cnn(-c2ccccc2)c1. The van der Waals surface area contributed by atoms with Crippen LogP contribution in [0.5, 0.6) is 0 Å². The normalized spacial score (nSPS) is 14.9. The largest absolute Gasteiger partial charge is 0.313 e. The standard InChI is InChI=1S/C16H22N4/c1-19(10-9-17-15-7-8-15)12-14-11-18-20(13-14)16-5-3-2-4-6-16/h2-6,11,13,15,17H,7-10,12H2,1H3. The van der Waals surface area contributed by atoms with Gasteiger partial charge in [-0.2, -0.15) is 5.10 Å². The van der Waals surface area contributed by atoms with E-state index in [0.29, 0.717) is 0 Å². The topological polar surface area (TPSA) is 33.1 Å². The van der Waals surface area contributed by atoms with Gasteiger partial charge in [0.2, 0.25) is 0 Å². The van der Waals surface area contributed by atoms with Crippen molar-refractivity contribution in [3.05, 3.63) is 48.3 Å². The Labute approximate surface area is 120 Å². The van der Waals surface area contributed by atoms with E-state index in [1.807, 2.05) is 29.1 Å². The molecule has 3 rings (SSSR count). The van der Waals surface area contributed by atoms with Gasteiger partial charge >= 0.3 is 0 Å². The van der Waals surface area contributed by atoms with Crippen LogP contribution in [0.25, 0.3) is 5.69 Å². The van der Waals surface area contributed by atoms with Gasteiger partial charge in [0.05, 0.1) is 11.9 Å². The third-order valence-electron chi connectivity index (χ3n) is 3.61. The molecule has 1 saturated carbocycles. The molecule has 1 aromatic heterocycles. The fourth-order valence-corrected chi connectivity index (χ4v) is 2.30. The molecule has 0 unspecified atom stereocenters. The van der Waals surface area contributed by atoms with E-state index >= 15 is 0 Å². The van der Waals surface area contributed by atoms with Gasteiger partial charge in [-0.3, -0.25) is 0 Å². The maximum atomic E-state index is 4.43. The summed E-state index contributed by atoms with van der Waals surface area (Å²) in [4.78, 5) is 2.34. The van der Waals surface area contributed by atoms with Gasteiger partial charge in [0, 0.05) is 37.4 Å². The molecule has 0 amide bonds. The Morgan fingerprint density at radius 3 is 2.85 bits per heavy atom. The van der Waals surface area contributed by atoms with Crippen LogP contribution in [0.2, 0.25) is 0 Å². The Morgan fingerprint density at radius 1 is 1.30 bits per heavy atom. The molecule has 0 atom stereocenters. The lowest BCUT2D eigenvalue weighted by molar-refractivity contribution is 0.324. The molecule has 1 fully saturated rings. The molecule has 106 valence electrons. The molecule has 0 bridgehead atoms. The smallest absolute Gasteiger partial charge is 0.0645 e. The summed E-state index contributed by atoms with van der Waals surface area (Å²) in [5, 5.41) is 7.97. The molecular formula is C16H22N4. The van der Waals surface area contributed by atoms with Gasteiger partial charge < -0.3 is 10.2 Å². The zero-order valence-corrected chi connectivity index (χ0v) is 12.0. The highest BCUT2D eigenvalue weighted by molar-refractivity contribution is 5.30. The number of hydrogen-bond donors (Lipinski definition) is 1. The van der Waals surface area contributed by atoms with Crippen molar-refractivity contribution in [1.29, 1.82) is 0 Å². The van der Waals surface area contributed by atoms with Crippen molar-refractivity contribution in [3.63, 3.8) is 0 Å². The lowest BCUT2D eigenvalue weighted by atomic mass is 10.3. The van der Waals surface area contributed by atoms with Gasteiger partial charge in [-0.1, -0.05) is 18.2 Å². The predicted octanol–water partition coefficient (Wildman–Crippen LogP) is 2.06. The second-order valence-corrected chi connectivity index (χ2v) is 5.59. The van der Waals surface area contributed by atoms with Crippen LogP contribution in [0.1, 0.15) is 18.4 Å². The molecule has 4 heteroatoms. The molecule has 0 spiro atoms. The average molecular weight is 270 g/mol. The van der Waals surface area contributed by atoms with Crippen LogP contribution in [0.4, 0.5) is 0 Å². The maximum Gasteiger partial charge on any atom is 0.0645 e. The number of hydrogen-bond acceptors (Lipinski definition) is 3. The molecule has 2 aromatic rings. The molecule has 0 radical (unpaired) electrons. The molecule has 20 heavy (non-hydrogen) atoms. The summed E-state index contributed by atoms with van der Waals surface area (Å²) in [6.45, 7) is 3.10. The lowest BCUT2D eigenvalue weighted by Crippen LogP contribution is -2.29. The average Bonchev–Trinajstić information content (AvgIpc) is 3.17. The van der Waals surface area contributed by atoms with Gasteiger partial charge in [-0.15, -0.1) is 0 Å². The van der Waals surface area contributed by atoms with Crippen molar-refractivity contribution >= 4 is 0 Å². The van der Waals surface area contributed by atoms with E-state index in [2.05, 4.69) is 40.7 Å². The molecule has 1 N–H and O–H groups in total. The second kappa shape index (κ2) is 6.20. The Bertz CT molecular complexity index is 530. The first-order valence-electron chi connectivity index (χ1n) is 7.32. The van der Waals surface area contributed by atoms with Gasteiger partial charge in [-0.05, 0) is 32.0 Å². The van der Waals surface area contributed by atoms with Crippen molar-refractivity contribution in [3.8, 4) is 5.69 Å². The number of aromatic nitrogens is 2. The van der Waals surface area contributed by atoms with Crippen LogP contribution >= 0.6 is 0 Å². The minimum atomic E-state index is 0.796. The summed E-state index contributed by atoms with van der Waals surface area (Å²) in [5.74, 6) is 0. The molecule has 1 aromatic carbocycles. The van der Waals surface area contributed by atoms with Crippen LogP contribution in [0.15, 0.2) is 42.7 Å². The molecule has 4 nitrogen and oxygen atoms in total. The highest BCUT2D eigenvalue weighted by Gasteiger charge is 2.19. The van der Waals surface area contributed by atoms with Crippen molar-refractivity contribution in [2.24, 2.45) is 0 Å². The van der Waals surface area contributed by atoms with Gasteiger partial charge in [0.25, 0.3) is 0 Å². The zero-order valence-electron chi connectivity index (χ0n) is 12.0. The summed E-state index contributed by atoms with van der Waals surface area (Å²) >= 11 is 0. The molecule has 1 aliphatic carbocycles. The van der Waals surface area contributed by atoms with Crippen molar-refractivity contribution < 1.29 is 0 Å². The van der Waals surface area contributed by atoms with E-state index in [1.165, 1.54) is 18.4 Å². The zero-order chi connectivity index (χ0) is 13.8. The molecule has 1 aliphatic rings. The molecule has 0 saturated heterocycles. The van der Waals surface area contributed by atoms with E-state index < -0.39 is 0 Å². The predicted molar refractivity (Wildman–Crippen MR) is 80.9 cm³/mol. The summed E-state index contributed by atoms with van der Waals surface area (Å²) in [5.41, 5.74) is 2.36. The van der Waals surface area contributed by atoms with Crippen molar-refractivity contribution in [2.75, 3.05) is 20.1 Å². The summed E-state index contributed by atoms with van der Waals surface area (Å²) in [6, 6.07) is 11.0. The number of nitrogens with zero attached hydrogens (tertiary/aromatic N) is 3. The minimum Gasteiger partial charge on any atom is -0.313 e. The van der Waals surface area contributed by atoms with Crippen LogP contribution in [-0.2, 0) is 6.54 Å². The first-order valence-corrected chi connectivity index (χ1v) is 7.32. The number of rotatable bonds is 7. The van der Waals surface area contributed by atoms with E-state index in [4.69, 9.17) is 0 Å². The highest BCUT2D eigenvalue weighted by atomic mass is 15.3. The van der Waals surface area contributed by atoms with Crippen LogP contribution in [0, 0.1) is 0 Å². The Hall–Kier alpha value is -1.65. The Morgan fingerprint density at radius 2 is 2.10 bits per heavy atom. The highest BCUT2D eigenvalue weighted by Crippen LogP contribution is 2.18. The van der Waals surface area contributed by atoms with E-state index in [1.54, 1.807) is 0 Å². The quantitative estimate of drug-likeness (QED) is 0.836. The molecule has 1 heterocycles. The summed E-state index contributed by atoms with van der Waals surface area (Å²) < 4.78 is 1.94. The van der Waals surface area contributed by atoms with Crippen molar-refractivity contribution in [2.45, 2.75) is 25.4 Å². The maximum absolute atomic E-state index is 4.43. The first kappa shape index (κ1) is 13.3. The van der Waals surface area contributed by atoms with Gasteiger partial charge in [0.15, 0.2) is 0 Å². The summed E-state index contributed by atoms with van der Waals surface area (Å²) in [7, 11) is 2.16. The fraction of sp³-hybridized carbons (Fsp3) is 0.438. The van der Waals surface area contributed by atoms with Gasteiger partial charge in [0.1, 0.15) is 0 Å². The second-order valence-electron chi connectivity index (χ2n) is 5.59. The number of para-hydroxylation sites is 1. The van der Waals surface area contributed by atoms with E-state index in [-0.39, 0.29) is 0 Å². The molecule has 0 aliphatic heterocycles. The Kier molecular flexibility index (Phi) is 4.14. The molecular weight excluding hydrogens is 248 g/mol. The number of likely N-dealkylation sites (N-methyl/N-ethyl adjacent to an activating group) is 1. The number of nitrogens with one attached hydrogen (secondary N) is 1. The number of benzene rings is 1. The third-order valence-corrected chi connectivity index (χ3v) is 3.61. The van der Waals surface area contributed by atoms with Gasteiger partial charge in [-0.25, -0.2) is 4.68 Å². The first-order chi connectivity index (χ1) is 9.81. The van der Waals surface area contributed by atoms with Crippen LogP contribution < -0.4 is 5.32 Å². The van der Waals surface area contributed by atoms with E-state index in [9.17, 15) is 0 Å². The minimum absolute atomic E-state index is 0.796. The van der Waals surface area contributed by atoms with Crippen LogP contribution in [0.3, 0.4) is 0 Å². The fourth-order valence-electron chi connectivity index (χ4n) is 2.30. The van der Waals surface area contributed by atoms with Crippen molar-refractivity contribution in [1.82, 2.24) is 20.0 Å². The van der Waals surface area contributed by atoms with Crippen LogP contribution in [-0.4, -0.2) is 40.9 Å². The lowest BCUT2D eigenvalue weighted by Gasteiger charge is -2.15. The Balaban J connectivity index is 1.51. The van der Waals surface area contributed by atoms with E-state index in [0.717, 1.165) is 31.4 Å². The third kappa shape index (κ3) is 3.68.